The number of anilines is 2. The van der Waals surface area contributed by atoms with Gasteiger partial charge in [0.2, 0.25) is 5.91 Å². The summed E-state index contributed by atoms with van der Waals surface area (Å²) in [5, 5.41) is 3.52. The average molecular weight is 410 g/mol. The Kier molecular flexibility index (Phi) is 6.35. The molecule has 1 aromatic rings. The fourth-order valence-electron chi connectivity index (χ4n) is 3.36. The predicted octanol–water partition coefficient (Wildman–Crippen LogP) is 3.37. The smallest absolute Gasteiger partial charge is 0.410 e. The molecule has 2 saturated heterocycles. The molecule has 0 bridgehead atoms. The van der Waals surface area contributed by atoms with E-state index in [9.17, 15) is 9.59 Å². The third-order valence-electron chi connectivity index (χ3n) is 4.78. The largest absolute Gasteiger partial charge is 0.444 e. The Labute approximate surface area is 170 Å². The van der Waals surface area contributed by atoms with E-state index < -0.39 is 5.60 Å². The van der Waals surface area contributed by atoms with Gasteiger partial charge in [0.05, 0.1) is 29.8 Å². The van der Waals surface area contributed by atoms with E-state index in [1.54, 1.807) is 11.0 Å². The highest BCUT2D eigenvalue weighted by Crippen LogP contribution is 2.30. The van der Waals surface area contributed by atoms with E-state index in [4.69, 9.17) is 21.1 Å². The SMILES string of the molecule is CC(C)(C)OC(=O)N1CCC(C(=O)Nc2ccc(N3CCOCC3)c(Cl)c2)C1. The van der Waals surface area contributed by atoms with Crippen molar-refractivity contribution in [2.24, 2.45) is 5.92 Å². The van der Waals surface area contributed by atoms with Gasteiger partial charge in [-0.05, 0) is 45.4 Å². The Balaban J connectivity index is 1.56. The van der Waals surface area contributed by atoms with Crippen molar-refractivity contribution < 1.29 is 19.1 Å². The van der Waals surface area contributed by atoms with Crippen molar-refractivity contribution in [2.45, 2.75) is 32.8 Å². The molecule has 1 aromatic carbocycles. The van der Waals surface area contributed by atoms with Gasteiger partial charge in [-0.2, -0.15) is 0 Å². The van der Waals surface area contributed by atoms with Crippen LogP contribution in [0.1, 0.15) is 27.2 Å². The first kappa shape index (κ1) is 20.7. The molecule has 0 aliphatic carbocycles. The molecule has 0 radical (unpaired) electrons. The number of morpholine rings is 1. The van der Waals surface area contributed by atoms with Gasteiger partial charge >= 0.3 is 6.09 Å². The lowest BCUT2D eigenvalue weighted by atomic mass is 10.1. The number of hydrogen-bond acceptors (Lipinski definition) is 5. The van der Waals surface area contributed by atoms with Crippen molar-refractivity contribution in [1.29, 1.82) is 0 Å². The standard InChI is InChI=1S/C20H28ClN3O4/c1-20(2,3)28-19(26)24-7-6-14(13-24)18(25)22-15-4-5-17(16(21)12-15)23-8-10-27-11-9-23/h4-5,12,14H,6-11,13H2,1-3H3,(H,22,25). The number of carbonyl (C=O) groups is 2. The third-order valence-corrected chi connectivity index (χ3v) is 5.08. The second-order valence-electron chi connectivity index (χ2n) is 8.17. The number of carbonyl (C=O) groups excluding carboxylic acids is 2. The van der Waals surface area contributed by atoms with Gasteiger partial charge in [0.1, 0.15) is 5.60 Å². The lowest BCUT2D eigenvalue weighted by Gasteiger charge is -2.29. The van der Waals surface area contributed by atoms with Crippen LogP contribution in [-0.4, -0.2) is 61.9 Å². The number of ether oxygens (including phenoxy) is 2. The molecular weight excluding hydrogens is 382 g/mol. The molecule has 28 heavy (non-hydrogen) atoms. The molecular formula is C20H28ClN3O4. The van der Waals surface area contributed by atoms with Crippen LogP contribution in [0, 0.1) is 5.92 Å². The fourth-order valence-corrected chi connectivity index (χ4v) is 3.66. The highest BCUT2D eigenvalue weighted by atomic mass is 35.5. The van der Waals surface area contributed by atoms with Crippen molar-refractivity contribution in [3.63, 3.8) is 0 Å². The van der Waals surface area contributed by atoms with Crippen LogP contribution in [0.3, 0.4) is 0 Å². The first-order valence-corrected chi connectivity index (χ1v) is 10.0. The van der Waals surface area contributed by atoms with Gasteiger partial charge in [-0.3, -0.25) is 4.79 Å². The molecule has 7 nitrogen and oxygen atoms in total. The maximum atomic E-state index is 12.6. The van der Waals surface area contributed by atoms with Crippen molar-refractivity contribution in [1.82, 2.24) is 4.90 Å². The quantitative estimate of drug-likeness (QED) is 0.828. The van der Waals surface area contributed by atoms with Crippen LogP contribution < -0.4 is 10.2 Å². The first-order chi connectivity index (χ1) is 13.2. The maximum Gasteiger partial charge on any atom is 0.410 e. The molecule has 2 aliphatic rings. The van der Waals surface area contributed by atoms with Crippen LogP contribution in [0.4, 0.5) is 16.2 Å². The molecule has 2 fully saturated rings. The first-order valence-electron chi connectivity index (χ1n) is 9.64. The van der Waals surface area contributed by atoms with Crippen molar-refractivity contribution in [3.8, 4) is 0 Å². The molecule has 2 amide bonds. The number of nitrogens with zero attached hydrogens (tertiary/aromatic N) is 2. The number of hydrogen-bond donors (Lipinski definition) is 1. The lowest BCUT2D eigenvalue weighted by Crippen LogP contribution is -2.36. The van der Waals surface area contributed by atoms with Gasteiger partial charge in [0, 0.05) is 31.9 Å². The normalized spacial score (nSPS) is 20.2. The number of likely N-dealkylation sites (tertiary alicyclic amines) is 1. The zero-order valence-corrected chi connectivity index (χ0v) is 17.4. The monoisotopic (exact) mass is 409 g/mol. The van der Waals surface area contributed by atoms with Crippen LogP contribution in [-0.2, 0) is 14.3 Å². The van der Waals surface area contributed by atoms with E-state index in [1.165, 1.54) is 0 Å². The molecule has 154 valence electrons. The minimum Gasteiger partial charge on any atom is -0.444 e. The van der Waals surface area contributed by atoms with Crippen molar-refractivity contribution in [3.05, 3.63) is 23.2 Å². The van der Waals surface area contributed by atoms with Crippen LogP contribution in [0.2, 0.25) is 5.02 Å². The second-order valence-corrected chi connectivity index (χ2v) is 8.57. The Morgan fingerprint density at radius 1 is 1.21 bits per heavy atom. The van der Waals surface area contributed by atoms with Crippen molar-refractivity contribution in [2.75, 3.05) is 49.6 Å². The topological polar surface area (TPSA) is 71.1 Å². The molecule has 2 aliphatic heterocycles. The number of halogens is 1. The molecule has 8 heteroatoms. The van der Waals surface area contributed by atoms with Crippen LogP contribution in [0.5, 0.6) is 0 Å². The molecule has 1 N–H and O–H groups in total. The summed E-state index contributed by atoms with van der Waals surface area (Å²) in [7, 11) is 0. The Morgan fingerprint density at radius 2 is 1.93 bits per heavy atom. The van der Waals surface area contributed by atoms with E-state index in [1.807, 2.05) is 32.9 Å². The zero-order valence-electron chi connectivity index (χ0n) is 16.7. The molecule has 2 heterocycles. The highest BCUT2D eigenvalue weighted by molar-refractivity contribution is 6.33. The number of benzene rings is 1. The van der Waals surface area contributed by atoms with Gasteiger partial charge in [0.15, 0.2) is 0 Å². The molecule has 0 spiro atoms. The Morgan fingerprint density at radius 3 is 2.57 bits per heavy atom. The predicted molar refractivity (Wildman–Crippen MR) is 109 cm³/mol. The van der Waals surface area contributed by atoms with E-state index >= 15 is 0 Å². The zero-order chi connectivity index (χ0) is 20.3. The van der Waals surface area contributed by atoms with Gasteiger partial charge < -0.3 is 24.6 Å². The third kappa shape index (κ3) is 5.29. The molecule has 1 unspecified atom stereocenters. The maximum absolute atomic E-state index is 12.6. The fraction of sp³-hybridized carbons (Fsp3) is 0.600. The van der Waals surface area contributed by atoms with E-state index in [0.29, 0.717) is 43.4 Å². The summed E-state index contributed by atoms with van der Waals surface area (Å²) < 4.78 is 10.7. The lowest BCUT2D eigenvalue weighted by molar-refractivity contribution is -0.119. The van der Waals surface area contributed by atoms with E-state index in [2.05, 4.69) is 10.2 Å². The van der Waals surface area contributed by atoms with Gasteiger partial charge in [-0.15, -0.1) is 0 Å². The highest BCUT2D eigenvalue weighted by Gasteiger charge is 2.33. The van der Waals surface area contributed by atoms with E-state index in [-0.39, 0.29) is 17.9 Å². The summed E-state index contributed by atoms with van der Waals surface area (Å²) in [6, 6.07) is 5.55. The summed E-state index contributed by atoms with van der Waals surface area (Å²) >= 11 is 6.43. The molecule has 0 saturated carbocycles. The summed E-state index contributed by atoms with van der Waals surface area (Å²) in [6.45, 7) is 9.34. The summed E-state index contributed by atoms with van der Waals surface area (Å²) in [5.74, 6) is -0.369. The molecule has 3 rings (SSSR count). The summed E-state index contributed by atoms with van der Waals surface area (Å²) in [4.78, 5) is 28.5. The van der Waals surface area contributed by atoms with Gasteiger partial charge in [-0.25, -0.2) is 4.79 Å². The van der Waals surface area contributed by atoms with Crippen molar-refractivity contribution >= 4 is 35.0 Å². The minimum atomic E-state index is -0.545. The number of rotatable bonds is 3. The molecule has 1 atom stereocenters. The second kappa shape index (κ2) is 8.57. The minimum absolute atomic E-state index is 0.110. The van der Waals surface area contributed by atoms with Gasteiger partial charge in [0.25, 0.3) is 0 Å². The van der Waals surface area contributed by atoms with Gasteiger partial charge in [-0.1, -0.05) is 11.6 Å². The number of nitrogens with one attached hydrogen (secondary N) is 1. The average Bonchev–Trinajstić information content (AvgIpc) is 3.12. The van der Waals surface area contributed by atoms with Crippen LogP contribution in [0.25, 0.3) is 0 Å². The summed E-state index contributed by atoms with van der Waals surface area (Å²) in [5.41, 5.74) is 1.05. The number of amides is 2. The molecule has 0 aromatic heterocycles. The van der Waals surface area contributed by atoms with Crippen LogP contribution in [0.15, 0.2) is 18.2 Å². The Hall–Kier alpha value is -1.99. The van der Waals surface area contributed by atoms with Crippen LogP contribution >= 0.6 is 11.6 Å². The summed E-state index contributed by atoms with van der Waals surface area (Å²) in [6.07, 6.45) is 0.241. The van der Waals surface area contributed by atoms with E-state index in [0.717, 1.165) is 18.8 Å². The Bertz CT molecular complexity index is 729.